The number of hydrogen-bond donors (Lipinski definition) is 1. The molecule has 0 aromatic rings. The van der Waals surface area contributed by atoms with Crippen molar-refractivity contribution in [2.45, 2.75) is 38.4 Å². The summed E-state index contributed by atoms with van der Waals surface area (Å²) in [4.78, 5) is 10.9. The van der Waals surface area contributed by atoms with Gasteiger partial charge < -0.3 is 9.84 Å². The lowest BCUT2D eigenvalue weighted by Gasteiger charge is -2.31. The molecule has 0 aromatic carbocycles. The Balaban J connectivity index is 2.10. The van der Waals surface area contributed by atoms with E-state index in [1.807, 2.05) is 0 Å². The van der Waals surface area contributed by atoms with Crippen LogP contribution in [-0.2, 0) is 9.53 Å². The van der Waals surface area contributed by atoms with E-state index in [9.17, 15) is 9.90 Å². The van der Waals surface area contributed by atoms with Crippen molar-refractivity contribution < 1.29 is 14.6 Å². The Hall–Kier alpha value is -0.570. The molecule has 0 bridgehead atoms. The molecule has 0 aromatic heterocycles. The van der Waals surface area contributed by atoms with E-state index in [4.69, 9.17) is 4.74 Å². The van der Waals surface area contributed by atoms with Gasteiger partial charge in [-0.3, -0.25) is 4.79 Å². The van der Waals surface area contributed by atoms with E-state index < -0.39 is 0 Å². The predicted octanol–water partition coefficient (Wildman–Crippen LogP) is 0.709. The zero-order chi connectivity index (χ0) is 8.72. The maximum atomic E-state index is 10.9. The summed E-state index contributed by atoms with van der Waals surface area (Å²) >= 11 is 0. The number of hydrogen-bond acceptors (Lipinski definition) is 3. The van der Waals surface area contributed by atoms with Crippen molar-refractivity contribution in [1.29, 1.82) is 0 Å². The summed E-state index contributed by atoms with van der Waals surface area (Å²) in [6.45, 7) is 2.09. The third-order valence-corrected chi connectivity index (χ3v) is 2.94. The van der Waals surface area contributed by atoms with Crippen molar-refractivity contribution in [1.82, 2.24) is 0 Å². The first kappa shape index (κ1) is 8.05. The SMILES string of the molecule is CC1C[C@@H](O)[C@H]2CC(=O)O[C@H]2C1. The Kier molecular flexibility index (Phi) is 1.83. The molecule has 3 nitrogen and oxygen atoms in total. The molecule has 12 heavy (non-hydrogen) atoms. The monoisotopic (exact) mass is 170 g/mol. The van der Waals surface area contributed by atoms with Gasteiger partial charge in [-0.2, -0.15) is 0 Å². The molecule has 4 atom stereocenters. The van der Waals surface area contributed by atoms with Gasteiger partial charge in [0.05, 0.1) is 12.5 Å². The minimum Gasteiger partial charge on any atom is -0.462 e. The van der Waals surface area contributed by atoms with Crippen LogP contribution in [0.25, 0.3) is 0 Å². The van der Waals surface area contributed by atoms with Gasteiger partial charge in [0, 0.05) is 5.92 Å². The minimum absolute atomic E-state index is 0.00347. The van der Waals surface area contributed by atoms with Crippen LogP contribution in [0.2, 0.25) is 0 Å². The van der Waals surface area contributed by atoms with Crippen LogP contribution in [0.3, 0.4) is 0 Å². The Morgan fingerprint density at radius 2 is 2.25 bits per heavy atom. The van der Waals surface area contributed by atoms with E-state index in [1.54, 1.807) is 0 Å². The number of rotatable bonds is 0. The molecule has 2 rings (SSSR count). The van der Waals surface area contributed by atoms with E-state index in [-0.39, 0.29) is 24.1 Å². The molecule has 0 radical (unpaired) electrons. The summed E-state index contributed by atoms with van der Waals surface area (Å²) in [6.07, 6.45) is 1.82. The molecule has 1 aliphatic heterocycles. The van der Waals surface area contributed by atoms with E-state index in [0.717, 1.165) is 12.8 Å². The second kappa shape index (κ2) is 2.73. The van der Waals surface area contributed by atoms with Crippen LogP contribution >= 0.6 is 0 Å². The fourth-order valence-electron chi connectivity index (χ4n) is 2.31. The maximum Gasteiger partial charge on any atom is 0.306 e. The second-order valence-corrected chi connectivity index (χ2v) is 4.04. The first-order valence-electron chi connectivity index (χ1n) is 4.54. The van der Waals surface area contributed by atoms with Crippen molar-refractivity contribution in [3.8, 4) is 0 Å². The number of fused-ring (bicyclic) bond motifs is 1. The lowest BCUT2D eigenvalue weighted by molar-refractivity contribution is -0.142. The molecular weight excluding hydrogens is 156 g/mol. The van der Waals surface area contributed by atoms with Crippen molar-refractivity contribution >= 4 is 5.97 Å². The van der Waals surface area contributed by atoms with Crippen molar-refractivity contribution in [2.75, 3.05) is 0 Å². The normalized spacial score (nSPS) is 47.0. The first-order chi connectivity index (χ1) is 5.66. The molecular formula is C9H14O3. The largest absolute Gasteiger partial charge is 0.462 e. The zero-order valence-electron chi connectivity index (χ0n) is 7.19. The van der Waals surface area contributed by atoms with Crippen LogP contribution in [-0.4, -0.2) is 23.3 Å². The van der Waals surface area contributed by atoms with Crippen LogP contribution < -0.4 is 0 Å². The Morgan fingerprint density at radius 3 is 3.00 bits per heavy atom. The number of esters is 1. The maximum absolute atomic E-state index is 10.9. The molecule has 1 N–H and O–H groups in total. The number of ether oxygens (including phenoxy) is 1. The van der Waals surface area contributed by atoms with Crippen LogP contribution in [0.15, 0.2) is 0 Å². The summed E-state index contributed by atoms with van der Waals surface area (Å²) in [7, 11) is 0. The predicted molar refractivity (Wildman–Crippen MR) is 42.4 cm³/mol. The summed E-state index contributed by atoms with van der Waals surface area (Å²) < 4.78 is 5.11. The second-order valence-electron chi connectivity index (χ2n) is 4.04. The van der Waals surface area contributed by atoms with Crippen LogP contribution in [0.1, 0.15) is 26.2 Å². The summed E-state index contributed by atoms with van der Waals surface area (Å²) in [5.74, 6) is 0.416. The highest BCUT2D eigenvalue weighted by Crippen LogP contribution is 2.37. The van der Waals surface area contributed by atoms with Crippen LogP contribution in [0.4, 0.5) is 0 Å². The standard InChI is InChI=1S/C9H14O3/c1-5-2-7(10)6-4-9(11)12-8(6)3-5/h5-8,10H,2-4H2,1H3/t5?,6-,7-,8+/m1/s1. The van der Waals surface area contributed by atoms with Crippen LogP contribution in [0, 0.1) is 11.8 Å². The zero-order valence-corrected chi connectivity index (χ0v) is 7.19. The van der Waals surface area contributed by atoms with E-state index >= 15 is 0 Å². The molecule has 0 spiro atoms. The molecule has 1 saturated carbocycles. The Bertz CT molecular complexity index is 202. The number of aliphatic hydroxyl groups is 1. The summed E-state index contributed by atoms with van der Waals surface area (Å²) in [5.41, 5.74) is 0. The smallest absolute Gasteiger partial charge is 0.306 e. The van der Waals surface area contributed by atoms with Gasteiger partial charge in [0.25, 0.3) is 0 Å². The van der Waals surface area contributed by atoms with E-state index in [0.29, 0.717) is 12.3 Å². The molecule has 3 heteroatoms. The quantitative estimate of drug-likeness (QED) is 0.544. The first-order valence-corrected chi connectivity index (χ1v) is 4.54. The highest BCUT2D eigenvalue weighted by Gasteiger charge is 2.43. The highest BCUT2D eigenvalue weighted by molar-refractivity contribution is 5.72. The van der Waals surface area contributed by atoms with Crippen molar-refractivity contribution in [2.24, 2.45) is 11.8 Å². The molecule has 1 aliphatic carbocycles. The minimum atomic E-state index is -0.329. The molecule has 2 fully saturated rings. The third kappa shape index (κ3) is 1.22. The van der Waals surface area contributed by atoms with Gasteiger partial charge in [-0.1, -0.05) is 6.92 Å². The number of aliphatic hydroxyl groups excluding tert-OH is 1. The van der Waals surface area contributed by atoms with E-state index in [1.165, 1.54) is 0 Å². The summed E-state index contributed by atoms with van der Waals surface area (Å²) in [5, 5.41) is 9.64. The number of carbonyl (C=O) groups excluding carboxylic acids is 1. The Morgan fingerprint density at radius 1 is 1.50 bits per heavy atom. The lowest BCUT2D eigenvalue weighted by Crippen LogP contribution is -2.36. The molecule has 68 valence electrons. The lowest BCUT2D eigenvalue weighted by atomic mass is 9.78. The van der Waals surface area contributed by atoms with E-state index in [2.05, 4.69) is 6.92 Å². The topological polar surface area (TPSA) is 46.5 Å². The summed E-state index contributed by atoms with van der Waals surface area (Å²) in [6, 6.07) is 0. The van der Waals surface area contributed by atoms with Gasteiger partial charge in [-0.25, -0.2) is 0 Å². The molecule has 1 saturated heterocycles. The van der Waals surface area contributed by atoms with Gasteiger partial charge in [-0.05, 0) is 18.8 Å². The fraction of sp³-hybridized carbons (Fsp3) is 0.889. The van der Waals surface area contributed by atoms with Crippen molar-refractivity contribution in [3.05, 3.63) is 0 Å². The average molecular weight is 170 g/mol. The average Bonchev–Trinajstić information content (AvgIpc) is 2.29. The van der Waals surface area contributed by atoms with Crippen LogP contribution in [0.5, 0.6) is 0 Å². The van der Waals surface area contributed by atoms with Gasteiger partial charge >= 0.3 is 5.97 Å². The molecule has 1 unspecified atom stereocenters. The van der Waals surface area contributed by atoms with Crippen molar-refractivity contribution in [3.63, 3.8) is 0 Å². The molecule has 0 amide bonds. The van der Waals surface area contributed by atoms with Gasteiger partial charge in [0.15, 0.2) is 0 Å². The molecule has 2 aliphatic rings. The van der Waals surface area contributed by atoms with Gasteiger partial charge in [0.2, 0.25) is 0 Å². The third-order valence-electron chi connectivity index (χ3n) is 2.94. The fourth-order valence-corrected chi connectivity index (χ4v) is 2.31. The van der Waals surface area contributed by atoms with Gasteiger partial charge in [0.1, 0.15) is 6.10 Å². The highest BCUT2D eigenvalue weighted by atomic mass is 16.6. The van der Waals surface area contributed by atoms with Gasteiger partial charge in [-0.15, -0.1) is 0 Å². The Labute approximate surface area is 71.7 Å². The number of carbonyl (C=O) groups is 1. The molecule has 1 heterocycles.